The molecule has 2 rings (SSSR count). The van der Waals surface area contributed by atoms with Crippen molar-refractivity contribution in [1.29, 1.82) is 0 Å². The molecule has 0 aromatic rings. The summed E-state index contributed by atoms with van der Waals surface area (Å²) in [7, 11) is 0. The van der Waals surface area contributed by atoms with Gasteiger partial charge in [0.25, 0.3) is 0 Å². The molecule has 0 aromatic carbocycles. The lowest BCUT2D eigenvalue weighted by Gasteiger charge is -2.50. The highest BCUT2D eigenvalue weighted by atomic mass is 79.9. The molecule has 0 spiro atoms. The van der Waals surface area contributed by atoms with Crippen LogP contribution in [0.15, 0.2) is 0 Å². The monoisotopic (exact) mass is 294 g/mol. The van der Waals surface area contributed by atoms with Gasteiger partial charge in [0.1, 0.15) is 0 Å². The quantitative estimate of drug-likeness (QED) is 0.581. The summed E-state index contributed by atoms with van der Waals surface area (Å²) in [5.74, 6) is 0. The third kappa shape index (κ3) is 1.39. The first-order valence-corrected chi connectivity index (χ1v) is 6.63. The van der Waals surface area contributed by atoms with E-state index in [-0.39, 0.29) is 0 Å². The van der Waals surface area contributed by atoms with Gasteiger partial charge in [-0.1, -0.05) is 57.5 Å². The Bertz CT molecular complexity index is 145. The predicted molar refractivity (Wildman–Crippen MR) is 60.3 cm³/mol. The lowest BCUT2D eigenvalue weighted by Crippen LogP contribution is -2.49. The molecule has 0 saturated heterocycles. The first kappa shape index (κ1) is 9.51. The fourth-order valence-electron chi connectivity index (χ4n) is 2.77. The molecule has 0 aromatic heterocycles. The molecule has 0 unspecified atom stereocenters. The van der Waals surface area contributed by atoms with Crippen LogP contribution in [0.5, 0.6) is 0 Å². The second-order valence-corrected chi connectivity index (χ2v) is 7.38. The molecule has 2 aliphatic rings. The van der Waals surface area contributed by atoms with Gasteiger partial charge >= 0.3 is 0 Å². The van der Waals surface area contributed by atoms with Crippen molar-refractivity contribution in [3.05, 3.63) is 0 Å². The summed E-state index contributed by atoms with van der Waals surface area (Å²) in [6.07, 6.45) is 11.2. The van der Waals surface area contributed by atoms with Gasteiger partial charge in [-0.05, 0) is 25.7 Å². The van der Waals surface area contributed by atoms with E-state index in [1.807, 2.05) is 0 Å². The zero-order valence-electron chi connectivity index (χ0n) is 7.41. The van der Waals surface area contributed by atoms with Gasteiger partial charge in [-0.25, -0.2) is 0 Å². The smallest absolute Gasteiger partial charge is 0.0410 e. The molecular formula is C10H16Br2. The second-order valence-electron chi connectivity index (χ2n) is 4.34. The van der Waals surface area contributed by atoms with Crippen molar-refractivity contribution >= 4 is 31.9 Å². The molecule has 0 radical (unpaired) electrons. The highest BCUT2D eigenvalue weighted by molar-refractivity contribution is 9.13. The summed E-state index contributed by atoms with van der Waals surface area (Å²) in [4.78, 5) is 0. The van der Waals surface area contributed by atoms with Gasteiger partial charge in [0.15, 0.2) is 0 Å². The molecule has 70 valence electrons. The van der Waals surface area contributed by atoms with Crippen LogP contribution in [0.2, 0.25) is 0 Å². The Hall–Kier alpha value is 0.960. The van der Waals surface area contributed by atoms with Gasteiger partial charge in [-0.3, -0.25) is 0 Å². The number of rotatable bonds is 0. The van der Waals surface area contributed by atoms with Crippen LogP contribution in [0.4, 0.5) is 0 Å². The minimum atomic E-state index is 0.441. The largest absolute Gasteiger partial charge is 0.0838 e. The Morgan fingerprint density at radius 1 is 0.583 bits per heavy atom. The zero-order valence-corrected chi connectivity index (χ0v) is 10.6. The van der Waals surface area contributed by atoms with E-state index in [0.717, 1.165) is 0 Å². The average molecular weight is 296 g/mol. The van der Waals surface area contributed by atoms with Gasteiger partial charge in [-0.15, -0.1) is 0 Å². The van der Waals surface area contributed by atoms with Crippen LogP contribution in [0.25, 0.3) is 0 Å². The van der Waals surface area contributed by atoms with Crippen LogP contribution in [0, 0.1) is 0 Å². The molecule has 0 bridgehead atoms. The Kier molecular flexibility index (Phi) is 2.59. The highest BCUT2D eigenvalue weighted by Gasteiger charge is 2.50. The predicted octanol–water partition coefficient (Wildman–Crippen LogP) is 4.40. The third-order valence-corrected chi connectivity index (χ3v) is 7.23. The minimum Gasteiger partial charge on any atom is -0.0838 e. The molecule has 0 heterocycles. The van der Waals surface area contributed by atoms with Crippen molar-refractivity contribution in [3.8, 4) is 0 Å². The number of alkyl halides is 2. The second kappa shape index (κ2) is 3.27. The Morgan fingerprint density at radius 2 is 0.833 bits per heavy atom. The number of hydrogen-bond acceptors (Lipinski definition) is 0. The molecule has 0 amide bonds. The van der Waals surface area contributed by atoms with Gasteiger partial charge in [0.05, 0.1) is 0 Å². The third-order valence-electron chi connectivity index (χ3n) is 3.60. The Balaban J connectivity index is 2.20. The van der Waals surface area contributed by atoms with E-state index >= 15 is 0 Å². The number of hydrogen-bond donors (Lipinski definition) is 0. The van der Waals surface area contributed by atoms with E-state index < -0.39 is 0 Å². The molecule has 0 aliphatic heterocycles. The SMILES string of the molecule is BrC12CCCCC1(Br)CCCC2. The molecular weight excluding hydrogens is 280 g/mol. The maximum absolute atomic E-state index is 3.98. The zero-order chi connectivity index (χ0) is 8.66. The standard InChI is InChI=1S/C10H16Br2/c11-9-5-1-2-6-10(9,12)8-4-3-7-9/h1-8H2. The maximum Gasteiger partial charge on any atom is 0.0410 e. The van der Waals surface area contributed by atoms with E-state index in [0.29, 0.717) is 8.65 Å². The molecule has 0 nitrogen and oxygen atoms in total. The first-order valence-electron chi connectivity index (χ1n) is 5.04. The van der Waals surface area contributed by atoms with E-state index in [2.05, 4.69) is 31.9 Å². The van der Waals surface area contributed by atoms with Gasteiger partial charge < -0.3 is 0 Å². The van der Waals surface area contributed by atoms with Crippen LogP contribution in [0.1, 0.15) is 51.4 Å². The minimum absolute atomic E-state index is 0.441. The van der Waals surface area contributed by atoms with Gasteiger partial charge in [0, 0.05) is 8.65 Å². The first-order chi connectivity index (χ1) is 5.66. The fourth-order valence-corrected chi connectivity index (χ4v) is 4.68. The normalized spacial score (nSPS) is 48.5. The Labute approximate surface area is 91.7 Å². The molecule has 2 aliphatic carbocycles. The summed E-state index contributed by atoms with van der Waals surface area (Å²) in [5, 5.41) is 0. The molecule has 2 heteroatoms. The highest BCUT2D eigenvalue weighted by Crippen LogP contribution is 2.56. The lowest BCUT2D eigenvalue weighted by atomic mass is 9.70. The van der Waals surface area contributed by atoms with Crippen molar-refractivity contribution in [2.45, 2.75) is 60.0 Å². The van der Waals surface area contributed by atoms with Crippen molar-refractivity contribution < 1.29 is 0 Å². The summed E-state index contributed by atoms with van der Waals surface area (Å²) in [6, 6.07) is 0. The molecule has 0 N–H and O–H groups in total. The van der Waals surface area contributed by atoms with Crippen molar-refractivity contribution in [1.82, 2.24) is 0 Å². The van der Waals surface area contributed by atoms with Crippen molar-refractivity contribution in [2.75, 3.05) is 0 Å². The molecule has 0 atom stereocenters. The average Bonchev–Trinajstić information content (AvgIpc) is 2.05. The maximum atomic E-state index is 3.98. The molecule has 2 fully saturated rings. The number of halogens is 2. The van der Waals surface area contributed by atoms with E-state index in [1.165, 1.54) is 51.4 Å². The van der Waals surface area contributed by atoms with Crippen LogP contribution in [0.3, 0.4) is 0 Å². The topological polar surface area (TPSA) is 0 Å². The van der Waals surface area contributed by atoms with E-state index in [9.17, 15) is 0 Å². The summed E-state index contributed by atoms with van der Waals surface area (Å²) >= 11 is 7.96. The van der Waals surface area contributed by atoms with Crippen molar-refractivity contribution in [3.63, 3.8) is 0 Å². The summed E-state index contributed by atoms with van der Waals surface area (Å²) in [5.41, 5.74) is 0. The van der Waals surface area contributed by atoms with Gasteiger partial charge in [0.2, 0.25) is 0 Å². The van der Waals surface area contributed by atoms with E-state index in [4.69, 9.17) is 0 Å². The molecule has 12 heavy (non-hydrogen) atoms. The van der Waals surface area contributed by atoms with Crippen LogP contribution < -0.4 is 0 Å². The lowest BCUT2D eigenvalue weighted by molar-refractivity contribution is 0.248. The van der Waals surface area contributed by atoms with E-state index in [1.54, 1.807) is 0 Å². The fraction of sp³-hybridized carbons (Fsp3) is 1.00. The van der Waals surface area contributed by atoms with Crippen molar-refractivity contribution in [2.24, 2.45) is 0 Å². The number of fused-ring (bicyclic) bond motifs is 1. The molecule has 2 saturated carbocycles. The van der Waals surface area contributed by atoms with Gasteiger partial charge in [-0.2, -0.15) is 0 Å². The summed E-state index contributed by atoms with van der Waals surface area (Å²) < 4.78 is 0.882. The summed E-state index contributed by atoms with van der Waals surface area (Å²) in [6.45, 7) is 0. The van der Waals surface area contributed by atoms with Crippen LogP contribution in [-0.4, -0.2) is 8.65 Å². The Morgan fingerprint density at radius 3 is 1.08 bits per heavy atom. The van der Waals surface area contributed by atoms with Crippen LogP contribution in [-0.2, 0) is 0 Å². The van der Waals surface area contributed by atoms with Crippen LogP contribution >= 0.6 is 31.9 Å².